The largest absolute Gasteiger partial charge is 0.369 e. The number of benzene rings is 2. The number of pyridine rings is 2. The van der Waals surface area contributed by atoms with Crippen LogP contribution in [0.1, 0.15) is 25.0 Å². The topological polar surface area (TPSA) is 108 Å². The fourth-order valence-electron chi connectivity index (χ4n) is 5.74. The number of fused-ring (bicyclic) bond motifs is 2. The van der Waals surface area contributed by atoms with Gasteiger partial charge in [0, 0.05) is 86.2 Å². The highest BCUT2D eigenvalue weighted by atomic mass is 15.3. The van der Waals surface area contributed by atoms with Gasteiger partial charge in [-0.2, -0.15) is 0 Å². The number of nitrogens with zero attached hydrogens (tertiary/aromatic N) is 8. The molecule has 234 valence electrons. The number of aromatic nitrogens is 6. The van der Waals surface area contributed by atoms with E-state index in [9.17, 15) is 0 Å². The van der Waals surface area contributed by atoms with Gasteiger partial charge in [-0.25, -0.2) is 19.9 Å². The number of hydrogen-bond donors (Lipinski definition) is 2. The first-order chi connectivity index (χ1) is 22.8. The van der Waals surface area contributed by atoms with Crippen LogP contribution in [0.25, 0.3) is 21.8 Å². The zero-order valence-electron chi connectivity index (χ0n) is 26.5. The van der Waals surface area contributed by atoms with Crippen LogP contribution in [0.3, 0.4) is 0 Å². The molecular formula is C36H40N10. The molecule has 10 heteroatoms. The predicted octanol–water partition coefficient (Wildman–Crippen LogP) is 6.03. The summed E-state index contributed by atoms with van der Waals surface area (Å²) in [4.78, 5) is 31.2. The van der Waals surface area contributed by atoms with Crippen molar-refractivity contribution in [2.45, 2.75) is 26.7 Å². The normalized spacial score (nSPS) is 12.9. The minimum atomic E-state index is 0.796. The van der Waals surface area contributed by atoms with E-state index in [0.29, 0.717) is 0 Å². The molecule has 0 amide bonds. The van der Waals surface area contributed by atoms with Crippen LogP contribution in [0.4, 0.5) is 23.0 Å². The Hall–Kier alpha value is -5.38. The summed E-state index contributed by atoms with van der Waals surface area (Å²) in [7, 11) is 0. The highest BCUT2D eigenvalue weighted by Crippen LogP contribution is 2.28. The summed E-state index contributed by atoms with van der Waals surface area (Å²) >= 11 is 0. The summed E-state index contributed by atoms with van der Waals surface area (Å²) in [6.45, 7) is 9.30. The lowest BCUT2D eigenvalue weighted by Crippen LogP contribution is -2.46. The molecule has 10 nitrogen and oxygen atoms in total. The molecular weight excluding hydrogens is 572 g/mol. The highest BCUT2D eigenvalue weighted by Gasteiger charge is 2.19. The highest BCUT2D eigenvalue weighted by molar-refractivity contribution is 5.92. The molecule has 1 saturated heterocycles. The molecule has 1 aliphatic heterocycles. The van der Waals surface area contributed by atoms with E-state index in [-0.39, 0.29) is 0 Å². The van der Waals surface area contributed by atoms with Crippen LogP contribution in [-0.4, -0.2) is 69.2 Å². The minimum absolute atomic E-state index is 0.796. The Kier molecular flexibility index (Phi) is 10.0. The van der Waals surface area contributed by atoms with Gasteiger partial charge < -0.3 is 20.4 Å². The van der Waals surface area contributed by atoms with Gasteiger partial charge in [0.2, 0.25) is 0 Å². The Morgan fingerprint density at radius 1 is 0.543 bits per heavy atom. The van der Waals surface area contributed by atoms with E-state index in [0.717, 1.165) is 85.6 Å². The van der Waals surface area contributed by atoms with Crippen LogP contribution in [0.5, 0.6) is 0 Å². The van der Waals surface area contributed by atoms with Crippen molar-refractivity contribution in [2.75, 3.05) is 59.7 Å². The molecule has 0 atom stereocenters. The molecule has 0 aliphatic carbocycles. The predicted molar refractivity (Wildman–Crippen MR) is 188 cm³/mol. The fraction of sp³-hybridized carbons (Fsp3) is 0.278. The number of rotatable bonds is 10. The maximum Gasteiger partial charge on any atom is 0.137 e. The molecule has 5 heterocycles. The van der Waals surface area contributed by atoms with Crippen molar-refractivity contribution in [3.63, 3.8) is 0 Å². The number of anilines is 4. The van der Waals surface area contributed by atoms with E-state index in [1.165, 1.54) is 22.5 Å². The summed E-state index contributed by atoms with van der Waals surface area (Å²) in [5.74, 6) is 1.74. The summed E-state index contributed by atoms with van der Waals surface area (Å²) in [6, 6.07) is 21.2. The van der Waals surface area contributed by atoms with E-state index in [4.69, 9.17) is 0 Å². The van der Waals surface area contributed by atoms with E-state index >= 15 is 0 Å². The van der Waals surface area contributed by atoms with Crippen molar-refractivity contribution < 1.29 is 0 Å². The Bertz CT molecular complexity index is 1700. The van der Waals surface area contributed by atoms with Gasteiger partial charge in [0.25, 0.3) is 0 Å². The summed E-state index contributed by atoms with van der Waals surface area (Å²) in [5, 5.41) is 9.04. The van der Waals surface area contributed by atoms with E-state index in [2.05, 4.69) is 86.7 Å². The van der Waals surface area contributed by atoms with Crippen LogP contribution >= 0.6 is 0 Å². The van der Waals surface area contributed by atoms with Gasteiger partial charge in [-0.1, -0.05) is 13.8 Å². The van der Waals surface area contributed by atoms with Gasteiger partial charge in [-0.3, -0.25) is 9.97 Å². The first-order valence-corrected chi connectivity index (χ1v) is 16.1. The molecule has 0 saturated carbocycles. The SMILES string of the molecule is CC.c1cc(CCNc2ncnc3cc(N4CCN(c5ccc6c(NCCc7ccncc7)ncnc6c5)CC4)ccc23)ccn1. The van der Waals surface area contributed by atoms with Crippen molar-refractivity contribution in [1.29, 1.82) is 0 Å². The van der Waals surface area contributed by atoms with E-state index < -0.39 is 0 Å². The Balaban J connectivity index is 0.00000182. The zero-order valence-corrected chi connectivity index (χ0v) is 26.5. The molecule has 1 fully saturated rings. The first-order valence-electron chi connectivity index (χ1n) is 16.1. The third-order valence-corrected chi connectivity index (χ3v) is 8.16. The molecule has 0 unspecified atom stereocenters. The molecule has 6 aromatic rings. The van der Waals surface area contributed by atoms with Gasteiger partial charge in [0.15, 0.2) is 0 Å². The van der Waals surface area contributed by atoms with Crippen LogP contribution in [-0.2, 0) is 12.8 Å². The van der Waals surface area contributed by atoms with Crippen LogP contribution in [0.2, 0.25) is 0 Å². The van der Waals surface area contributed by atoms with Crippen LogP contribution in [0.15, 0.2) is 98.1 Å². The smallest absolute Gasteiger partial charge is 0.137 e. The summed E-state index contributed by atoms with van der Waals surface area (Å²) < 4.78 is 0. The van der Waals surface area contributed by atoms with Crippen molar-refractivity contribution in [3.05, 3.63) is 109 Å². The van der Waals surface area contributed by atoms with Crippen LogP contribution in [0, 0.1) is 0 Å². The number of piperazine rings is 1. The zero-order chi connectivity index (χ0) is 31.6. The second-order valence-corrected chi connectivity index (χ2v) is 10.9. The van der Waals surface area contributed by atoms with E-state index in [1.807, 2.05) is 62.9 Å². The average Bonchev–Trinajstić information content (AvgIpc) is 3.13. The Morgan fingerprint density at radius 3 is 1.37 bits per heavy atom. The van der Waals surface area contributed by atoms with Gasteiger partial charge >= 0.3 is 0 Å². The van der Waals surface area contributed by atoms with Crippen molar-refractivity contribution in [3.8, 4) is 0 Å². The second-order valence-electron chi connectivity index (χ2n) is 10.9. The Morgan fingerprint density at radius 2 is 0.957 bits per heavy atom. The molecule has 0 bridgehead atoms. The lowest BCUT2D eigenvalue weighted by molar-refractivity contribution is 0.654. The second kappa shape index (κ2) is 15.1. The van der Waals surface area contributed by atoms with E-state index in [1.54, 1.807) is 12.7 Å². The molecule has 2 aromatic carbocycles. The van der Waals surface area contributed by atoms with Crippen molar-refractivity contribution >= 4 is 44.8 Å². The van der Waals surface area contributed by atoms with Gasteiger partial charge in [-0.15, -0.1) is 0 Å². The average molecular weight is 613 g/mol. The van der Waals surface area contributed by atoms with Crippen LogP contribution < -0.4 is 20.4 Å². The van der Waals surface area contributed by atoms with Gasteiger partial charge in [0.05, 0.1) is 11.0 Å². The number of nitrogens with one attached hydrogen (secondary N) is 2. The lowest BCUT2D eigenvalue weighted by atomic mass is 10.1. The maximum absolute atomic E-state index is 4.58. The third-order valence-electron chi connectivity index (χ3n) is 8.16. The Labute approximate surface area is 270 Å². The minimum Gasteiger partial charge on any atom is -0.369 e. The standard InChI is InChI=1S/C34H34N10.C2H6/c1-3-29-31(39-23-41-33(29)37-15-9-25-5-11-35-12-6-25)21-27(1)43-17-19-44(20-18-43)28-2-4-30-32(22-28)40-24-42-34(30)38-16-10-26-7-13-36-14-8-26;1-2/h1-8,11-14,21-24H,9-10,15-20H2,(H,37,39,41)(H,38,40,42);1-2H3. The number of hydrogen-bond acceptors (Lipinski definition) is 10. The monoisotopic (exact) mass is 612 g/mol. The maximum atomic E-state index is 4.58. The third kappa shape index (κ3) is 7.28. The lowest BCUT2D eigenvalue weighted by Gasteiger charge is -2.37. The molecule has 0 radical (unpaired) electrons. The molecule has 7 rings (SSSR count). The van der Waals surface area contributed by atoms with Gasteiger partial charge in [-0.05, 0) is 84.6 Å². The molecule has 2 N–H and O–H groups in total. The molecule has 1 aliphatic rings. The van der Waals surface area contributed by atoms with Crippen molar-refractivity contribution in [2.24, 2.45) is 0 Å². The molecule has 46 heavy (non-hydrogen) atoms. The summed E-state index contributed by atoms with van der Waals surface area (Å²) in [5.41, 5.74) is 6.77. The fourth-order valence-corrected chi connectivity index (χ4v) is 5.74. The quantitative estimate of drug-likeness (QED) is 0.191. The summed E-state index contributed by atoms with van der Waals surface area (Å²) in [6.07, 6.45) is 12.4. The molecule has 0 spiro atoms. The first kappa shape index (κ1) is 30.6. The van der Waals surface area contributed by atoms with Gasteiger partial charge in [0.1, 0.15) is 24.3 Å². The van der Waals surface area contributed by atoms with Crippen molar-refractivity contribution in [1.82, 2.24) is 29.9 Å². The molecule has 4 aromatic heterocycles.